The van der Waals surface area contributed by atoms with E-state index in [2.05, 4.69) is 43.1 Å². The second-order valence-corrected chi connectivity index (χ2v) is 6.67. The van der Waals surface area contributed by atoms with E-state index in [0.717, 1.165) is 30.1 Å². The normalized spacial score (nSPS) is 17.3. The van der Waals surface area contributed by atoms with Crippen molar-refractivity contribution >= 4 is 0 Å². The number of aromatic nitrogens is 2. The molecule has 0 aliphatic heterocycles. The van der Waals surface area contributed by atoms with Crippen LogP contribution in [0.2, 0.25) is 0 Å². The van der Waals surface area contributed by atoms with Crippen LogP contribution < -0.4 is 0 Å². The molecule has 2 nitrogen and oxygen atoms in total. The highest BCUT2D eigenvalue weighted by Gasteiger charge is 2.17. The van der Waals surface area contributed by atoms with Crippen LogP contribution >= 0.6 is 0 Å². The molecule has 1 aliphatic carbocycles. The second kappa shape index (κ2) is 7.04. The molecule has 0 amide bonds. The molecule has 0 saturated carbocycles. The number of aryl methyl sites for hydroxylation is 2. The maximum absolute atomic E-state index is 4.81. The lowest BCUT2D eigenvalue weighted by atomic mass is 9.89. The van der Waals surface area contributed by atoms with Crippen molar-refractivity contribution in [2.75, 3.05) is 0 Å². The maximum Gasteiger partial charge on any atom is 0.159 e. The van der Waals surface area contributed by atoms with Gasteiger partial charge in [-0.1, -0.05) is 51.0 Å². The molecule has 1 unspecified atom stereocenters. The van der Waals surface area contributed by atoms with Crippen LogP contribution in [0, 0.1) is 5.92 Å². The summed E-state index contributed by atoms with van der Waals surface area (Å²) in [6.45, 7) is 4.56. The molecule has 116 valence electrons. The number of fused-ring (bicyclic) bond motifs is 1. The molecular weight excluding hydrogens is 268 g/mol. The molecule has 0 spiro atoms. The van der Waals surface area contributed by atoms with Gasteiger partial charge >= 0.3 is 0 Å². The van der Waals surface area contributed by atoms with Gasteiger partial charge < -0.3 is 0 Å². The van der Waals surface area contributed by atoms with E-state index in [-0.39, 0.29) is 0 Å². The van der Waals surface area contributed by atoms with Crippen molar-refractivity contribution < 1.29 is 0 Å². The Balaban J connectivity index is 1.74. The third-order valence-electron chi connectivity index (χ3n) is 4.68. The van der Waals surface area contributed by atoms with Gasteiger partial charge in [0.25, 0.3) is 0 Å². The summed E-state index contributed by atoms with van der Waals surface area (Å²) in [5, 5.41) is 0. The molecule has 2 aromatic rings. The van der Waals surface area contributed by atoms with Gasteiger partial charge in [-0.25, -0.2) is 9.97 Å². The number of nitrogens with zero attached hydrogens (tertiary/aromatic N) is 2. The first-order valence-corrected chi connectivity index (χ1v) is 8.70. The number of rotatable bonds is 5. The van der Waals surface area contributed by atoms with E-state index < -0.39 is 0 Å². The summed E-state index contributed by atoms with van der Waals surface area (Å²) in [7, 11) is 0. The third-order valence-corrected chi connectivity index (χ3v) is 4.68. The Morgan fingerprint density at radius 3 is 2.73 bits per heavy atom. The molecule has 0 N–H and O–H groups in total. The Hall–Kier alpha value is -1.70. The van der Waals surface area contributed by atoms with Crippen LogP contribution in [0.5, 0.6) is 0 Å². The SMILES string of the molecule is CCCCCc1ccc(-c2ncc3c(n2)CCC(C)C3)cc1. The summed E-state index contributed by atoms with van der Waals surface area (Å²) >= 11 is 0. The zero-order valence-electron chi connectivity index (χ0n) is 13.8. The summed E-state index contributed by atoms with van der Waals surface area (Å²) in [6, 6.07) is 8.81. The minimum Gasteiger partial charge on any atom is -0.236 e. The van der Waals surface area contributed by atoms with Gasteiger partial charge in [0.2, 0.25) is 0 Å². The quantitative estimate of drug-likeness (QED) is 0.725. The lowest BCUT2D eigenvalue weighted by Crippen LogP contribution is -2.14. The van der Waals surface area contributed by atoms with E-state index in [4.69, 9.17) is 4.98 Å². The van der Waals surface area contributed by atoms with Crippen LogP contribution in [-0.4, -0.2) is 9.97 Å². The summed E-state index contributed by atoms with van der Waals surface area (Å²) in [6.07, 6.45) is 10.6. The maximum atomic E-state index is 4.81. The Labute approximate surface area is 134 Å². The fraction of sp³-hybridized carbons (Fsp3) is 0.500. The van der Waals surface area contributed by atoms with Crippen LogP contribution in [0.15, 0.2) is 30.5 Å². The predicted octanol–water partition coefficient (Wildman–Crippen LogP) is 5.00. The summed E-state index contributed by atoms with van der Waals surface area (Å²) in [4.78, 5) is 9.40. The molecule has 3 rings (SSSR count). The third kappa shape index (κ3) is 3.55. The molecule has 1 aromatic heterocycles. The van der Waals surface area contributed by atoms with Crippen molar-refractivity contribution in [2.24, 2.45) is 5.92 Å². The van der Waals surface area contributed by atoms with Crippen molar-refractivity contribution in [1.82, 2.24) is 9.97 Å². The molecule has 1 aromatic carbocycles. The lowest BCUT2D eigenvalue weighted by Gasteiger charge is -2.20. The van der Waals surface area contributed by atoms with Crippen molar-refractivity contribution in [3.8, 4) is 11.4 Å². The number of hydrogen-bond donors (Lipinski definition) is 0. The first-order chi connectivity index (χ1) is 10.8. The topological polar surface area (TPSA) is 25.8 Å². The van der Waals surface area contributed by atoms with Crippen LogP contribution in [-0.2, 0) is 19.3 Å². The molecule has 2 heteroatoms. The first-order valence-electron chi connectivity index (χ1n) is 8.70. The van der Waals surface area contributed by atoms with E-state index in [1.54, 1.807) is 0 Å². The largest absolute Gasteiger partial charge is 0.236 e. The number of unbranched alkanes of at least 4 members (excludes halogenated alkanes) is 2. The molecular formula is C20H26N2. The van der Waals surface area contributed by atoms with Gasteiger partial charge in [-0.3, -0.25) is 0 Å². The second-order valence-electron chi connectivity index (χ2n) is 6.67. The van der Waals surface area contributed by atoms with Crippen molar-refractivity contribution in [2.45, 2.75) is 58.8 Å². The van der Waals surface area contributed by atoms with E-state index in [9.17, 15) is 0 Å². The summed E-state index contributed by atoms with van der Waals surface area (Å²) in [5.74, 6) is 1.65. The molecule has 1 atom stereocenters. The highest BCUT2D eigenvalue weighted by Crippen LogP contribution is 2.25. The van der Waals surface area contributed by atoms with Crippen molar-refractivity contribution in [3.05, 3.63) is 47.3 Å². The van der Waals surface area contributed by atoms with Crippen molar-refractivity contribution in [3.63, 3.8) is 0 Å². The standard InChI is InChI=1S/C20H26N2/c1-3-4-5-6-16-8-10-17(11-9-16)20-21-14-18-13-15(2)7-12-19(18)22-20/h8-11,14-15H,3-7,12-13H2,1-2H3. The van der Waals surface area contributed by atoms with Crippen LogP contribution in [0.3, 0.4) is 0 Å². The van der Waals surface area contributed by atoms with Gasteiger partial charge in [0.05, 0.1) is 0 Å². The minimum atomic E-state index is 0.768. The van der Waals surface area contributed by atoms with Crippen LogP contribution in [0.1, 0.15) is 56.4 Å². The first kappa shape index (κ1) is 15.2. The molecule has 22 heavy (non-hydrogen) atoms. The van der Waals surface area contributed by atoms with E-state index >= 15 is 0 Å². The molecule has 0 saturated heterocycles. The predicted molar refractivity (Wildman–Crippen MR) is 91.9 cm³/mol. The Morgan fingerprint density at radius 2 is 1.95 bits per heavy atom. The Morgan fingerprint density at radius 1 is 1.14 bits per heavy atom. The smallest absolute Gasteiger partial charge is 0.159 e. The van der Waals surface area contributed by atoms with Gasteiger partial charge in [-0.2, -0.15) is 0 Å². The van der Waals surface area contributed by atoms with Crippen LogP contribution in [0.25, 0.3) is 11.4 Å². The average molecular weight is 294 g/mol. The number of hydrogen-bond acceptors (Lipinski definition) is 2. The lowest BCUT2D eigenvalue weighted by molar-refractivity contribution is 0.492. The molecule has 0 bridgehead atoms. The fourth-order valence-corrected chi connectivity index (χ4v) is 3.23. The highest BCUT2D eigenvalue weighted by atomic mass is 14.9. The molecule has 1 heterocycles. The van der Waals surface area contributed by atoms with E-state index in [1.165, 1.54) is 48.9 Å². The zero-order valence-corrected chi connectivity index (χ0v) is 13.8. The average Bonchev–Trinajstić information content (AvgIpc) is 2.55. The number of benzene rings is 1. The van der Waals surface area contributed by atoms with E-state index in [0.29, 0.717) is 0 Å². The van der Waals surface area contributed by atoms with E-state index in [1.807, 2.05) is 6.20 Å². The molecule has 0 radical (unpaired) electrons. The Kier molecular flexibility index (Phi) is 4.87. The highest BCUT2D eigenvalue weighted by molar-refractivity contribution is 5.55. The Bertz CT molecular complexity index is 616. The summed E-state index contributed by atoms with van der Waals surface area (Å²) < 4.78 is 0. The minimum absolute atomic E-state index is 0.768. The van der Waals surface area contributed by atoms with Gasteiger partial charge in [0, 0.05) is 17.5 Å². The van der Waals surface area contributed by atoms with Gasteiger partial charge in [0.1, 0.15) is 0 Å². The summed E-state index contributed by atoms with van der Waals surface area (Å²) in [5.41, 5.74) is 5.17. The van der Waals surface area contributed by atoms with Gasteiger partial charge in [0.15, 0.2) is 5.82 Å². The molecule has 1 aliphatic rings. The zero-order chi connectivity index (χ0) is 15.4. The fourth-order valence-electron chi connectivity index (χ4n) is 3.23. The van der Waals surface area contributed by atoms with Gasteiger partial charge in [-0.05, 0) is 49.1 Å². The molecule has 0 fully saturated rings. The monoisotopic (exact) mass is 294 g/mol. The van der Waals surface area contributed by atoms with Crippen molar-refractivity contribution in [1.29, 1.82) is 0 Å². The van der Waals surface area contributed by atoms with Crippen LogP contribution in [0.4, 0.5) is 0 Å². The van der Waals surface area contributed by atoms with Gasteiger partial charge in [-0.15, -0.1) is 0 Å².